The summed E-state index contributed by atoms with van der Waals surface area (Å²) in [7, 11) is 1.84. The topological polar surface area (TPSA) is 59.2 Å². The van der Waals surface area contributed by atoms with Crippen molar-refractivity contribution in [2.24, 2.45) is 17.6 Å². The number of hydrogen-bond acceptors (Lipinski definition) is 3. The Kier molecular flexibility index (Phi) is 6.50. The van der Waals surface area contributed by atoms with E-state index in [2.05, 4.69) is 18.8 Å². The van der Waals surface area contributed by atoms with Gasteiger partial charge in [-0.3, -0.25) is 9.78 Å². The van der Waals surface area contributed by atoms with Crippen LogP contribution in [-0.4, -0.2) is 35.9 Å². The third-order valence-electron chi connectivity index (χ3n) is 3.20. The molecule has 0 bridgehead atoms. The summed E-state index contributed by atoms with van der Waals surface area (Å²) in [6.45, 7) is 5.34. The average Bonchev–Trinajstić information content (AvgIpc) is 2.42. The maximum Gasteiger partial charge on any atom is 0.226 e. The van der Waals surface area contributed by atoms with Gasteiger partial charge in [-0.05, 0) is 24.5 Å². The molecular formula is C15H25N3O. The van der Waals surface area contributed by atoms with Crippen LogP contribution < -0.4 is 5.73 Å². The fourth-order valence-corrected chi connectivity index (χ4v) is 2.12. The smallest absolute Gasteiger partial charge is 0.226 e. The molecule has 1 unspecified atom stereocenters. The number of nitrogens with two attached hydrogens (primary N) is 1. The third kappa shape index (κ3) is 5.39. The molecule has 1 aromatic heterocycles. The number of rotatable bonds is 7. The SMILES string of the molecule is CC(C)CC(CN)C(=O)N(C)CCc1ccccn1. The molecule has 0 radical (unpaired) electrons. The summed E-state index contributed by atoms with van der Waals surface area (Å²) in [5.74, 6) is 0.572. The highest BCUT2D eigenvalue weighted by atomic mass is 16.2. The van der Waals surface area contributed by atoms with Crippen LogP contribution in [0.3, 0.4) is 0 Å². The van der Waals surface area contributed by atoms with Crippen molar-refractivity contribution in [2.45, 2.75) is 26.7 Å². The number of nitrogens with zero attached hydrogens (tertiary/aromatic N) is 2. The van der Waals surface area contributed by atoms with E-state index in [9.17, 15) is 4.79 Å². The van der Waals surface area contributed by atoms with Gasteiger partial charge in [0.2, 0.25) is 5.91 Å². The van der Waals surface area contributed by atoms with Gasteiger partial charge in [0.25, 0.3) is 0 Å². The zero-order valence-corrected chi connectivity index (χ0v) is 12.2. The quantitative estimate of drug-likeness (QED) is 0.814. The van der Waals surface area contributed by atoms with Crippen LogP contribution in [0, 0.1) is 11.8 Å². The number of hydrogen-bond donors (Lipinski definition) is 1. The van der Waals surface area contributed by atoms with Gasteiger partial charge in [0.15, 0.2) is 0 Å². The van der Waals surface area contributed by atoms with Gasteiger partial charge in [-0.25, -0.2) is 0 Å². The zero-order chi connectivity index (χ0) is 14.3. The van der Waals surface area contributed by atoms with Crippen molar-refractivity contribution in [3.05, 3.63) is 30.1 Å². The van der Waals surface area contributed by atoms with Gasteiger partial charge in [-0.1, -0.05) is 19.9 Å². The molecule has 1 atom stereocenters. The highest BCUT2D eigenvalue weighted by molar-refractivity contribution is 5.78. The lowest BCUT2D eigenvalue weighted by Crippen LogP contribution is -2.38. The van der Waals surface area contributed by atoms with E-state index in [1.165, 1.54) is 0 Å². The largest absolute Gasteiger partial charge is 0.345 e. The Labute approximate surface area is 116 Å². The van der Waals surface area contributed by atoms with Crippen molar-refractivity contribution in [1.82, 2.24) is 9.88 Å². The number of aromatic nitrogens is 1. The van der Waals surface area contributed by atoms with Crippen LogP contribution in [0.4, 0.5) is 0 Å². The maximum absolute atomic E-state index is 12.3. The molecule has 4 nitrogen and oxygen atoms in total. The third-order valence-corrected chi connectivity index (χ3v) is 3.20. The van der Waals surface area contributed by atoms with Crippen molar-refractivity contribution in [3.63, 3.8) is 0 Å². The Morgan fingerprint density at radius 1 is 1.42 bits per heavy atom. The summed E-state index contributed by atoms with van der Waals surface area (Å²) in [5.41, 5.74) is 6.72. The summed E-state index contributed by atoms with van der Waals surface area (Å²) < 4.78 is 0. The van der Waals surface area contributed by atoms with Gasteiger partial charge in [-0.15, -0.1) is 0 Å². The van der Waals surface area contributed by atoms with E-state index in [-0.39, 0.29) is 11.8 Å². The Morgan fingerprint density at radius 3 is 2.68 bits per heavy atom. The van der Waals surface area contributed by atoms with Crippen molar-refractivity contribution < 1.29 is 4.79 Å². The first-order chi connectivity index (χ1) is 9.04. The fourth-order valence-electron chi connectivity index (χ4n) is 2.12. The van der Waals surface area contributed by atoms with Crippen molar-refractivity contribution >= 4 is 5.91 Å². The number of carbonyl (C=O) groups excluding carboxylic acids is 1. The molecule has 1 heterocycles. The monoisotopic (exact) mass is 263 g/mol. The van der Waals surface area contributed by atoms with E-state index in [4.69, 9.17) is 5.73 Å². The maximum atomic E-state index is 12.3. The molecule has 106 valence electrons. The van der Waals surface area contributed by atoms with Gasteiger partial charge in [0.05, 0.1) is 5.92 Å². The van der Waals surface area contributed by atoms with E-state index < -0.39 is 0 Å². The minimum absolute atomic E-state index is 0.0614. The molecule has 1 amide bonds. The minimum atomic E-state index is -0.0614. The predicted octanol–water partition coefficient (Wildman–Crippen LogP) is 1.70. The second-order valence-electron chi connectivity index (χ2n) is 5.39. The van der Waals surface area contributed by atoms with Gasteiger partial charge < -0.3 is 10.6 Å². The highest BCUT2D eigenvalue weighted by Crippen LogP contribution is 2.13. The molecular weight excluding hydrogens is 238 g/mol. The molecule has 4 heteroatoms. The Hall–Kier alpha value is -1.42. The molecule has 0 saturated heterocycles. The molecule has 19 heavy (non-hydrogen) atoms. The van der Waals surface area contributed by atoms with E-state index in [0.29, 0.717) is 19.0 Å². The Bertz CT molecular complexity index is 378. The molecule has 2 N–H and O–H groups in total. The summed E-state index contributed by atoms with van der Waals surface area (Å²) in [5, 5.41) is 0. The van der Waals surface area contributed by atoms with Gasteiger partial charge >= 0.3 is 0 Å². The Morgan fingerprint density at radius 2 is 2.16 bits per heavy atom. The lowest BCUT2D eigenvalue weighted by Gasteiger charge is -2.24. The molecule has 1 rings (SSSR count). The molecule has 0 saturated carbocycles. The van der Waals surface area contributed by atoms with Gasteiger partial charge in [0.1, 0.15) is 0 Å². The molecule has 1 aromatic rings. The van der Waals surface area contributed by atoms with Crippen LogP contribution in [0.1, 0.15) is 26.0 Å². The van der Waals surface area contributed by atoms with E-state index in [1.54, 1.807) is 11.1 Å². The zero-order valence-electron chi connectivity index (χ0n) is 12.2. The number of amides is 1. The van der Waals surface area contributed by atoms with Crippen LogP contribution in [0.5, 0.6) is 0 Å². The van der Waals surface area contributed by atoms with E-state index in [0.717, 1.165) is 18.5 Å². The molecule has 0 aliphatic heterocycles. The first kappa shape index (κ1) is 15.6. The van der Waals surface area contributed by atoms with Crippen LogP contribution in [0.25, 0.3) is 0 Å². The normalized spacial score (nSPS) is 12.5. The molecule has 0 aromatic carbocycles. The van der Waals surface area contributed by atoms with Crippen molar-refractivity contribution in [1.29, 1.82) is 0 Å². The van der Waals surface area contributed by atoms with Crippen LogP contribution in [0.15, 0.2) is 24.4 Å². The lowest BCUT2D eigenvalue weighted by molar-refractivity contribution is -0.134. The lowest BCUT2D eigenvalue weighted by atomic mass is 9.96. The predicted molar refractivity (Wildman–Crippen MR) is 77.6 cm³/mol. The molecule has 0 fully saturated rings. The van der Waals surface area contributed by atoms with Gasteiger partial charge in [0, 0.05) is 38.4 Å². The number of likely N-dealkylation sites (N-methyl/N-ethyl adjacent to an activating group) is 1. The molecule has 0 aliphatic carbocycles. The van der Waals surface area contributed by atoms with Crippen molar-refractivity contribution in [3.8, 4) is 0 Å². The fraction of sp³-hybridized carbons (Fsp3) is 0.600. The second-order valence-corrected chi connectivity index (χ2v) is 5.39. The summed E-state index contributed by atoms with van der Waals surface area (Å²) >= 11 is 0. The van der Waals surface area contributed by atoms with Crippen LogP contribution >= 0.6 is 0 Å². The van der Waals surface area contributed by atoms with Gasteiger partial charge in [-0.2, -0.15) is 0 Å². The highest BCUT2D eigenvalue weighted by Gasteiger charge is 2.21. The van der Waals surface area contributed by atoms with Crippen molar-refractivity contribution in [2.75, 3.05) is 20.1 Å². The summed E-state index contributed by atoms with van der Waals surface area (Å²) in [6.07, 6.45) is 3.41. The number of pyridine rings is 1. The first-order valence-electron chi connectivity index (χ1n) is 6.89. The number of carbonyl (C=O) groups is 1. The molecule has 0 spiro atoms. The van der Waals surface area contributed by atoms with E-state index >= 15 is 0 Å². The van der Waals surface area contributed by atoms with Crippen LogP contribution in [0.2, 0.25) is 0 Å². The standard InChI is InChI=1S/C15H25N3O/c1-12(2)10-13(11-16)15(19)18(3)9-7-14-6-4-5-8-17-14/h4-6,8,12-13H,7,9-11,16H2,1-3H3. The van der Waals surface area contributed by atoms with E-state index in [1.807, 2.05) is 25.2 Å². The average molecular weight is 263 g/mol. The minimum Gasteiger partial charge on any atom is -0.345 e. The first-order valence-corrected chi connectivity index (χ1v) is 6.89. The van der Waals surface area contributed by atoms with Crippen LogP contribution in [-0.2, 0) is 11.2 Å². The summed E-state index contributed by atoms with van der Waals surface area (Å²) in [4.78, 5) is 18.3. The Balaban J connectivity index is 2.47. The second kappa shape index (κ2) is 7.89. The summed E-state index contributed by atoms with van der Waals surface area (Å²) in [6, 6.07) is 5.84. The molecule has 0 aliphatic rings.